The standard InChI is InChI=1S/C15H24N2O2/c1-3-12-10-17(13(4-2)8-16-12)9-11-5-6-14(18)15(19)7-11/h5-7,12-13,16,18-19H,3-4,8-10H2,1-2H3. The first-order chi connectivity index (χ1) is 9.13. The van der Waals surface area contributed by atoms with E-state index in [9.17, 15) is 10.2 Å². The Hall–Kier alpha value is -1.26. The molecule has 106 valence electrons. The van der Waals surface area contributed by atoms with Crippen molar-refractivity contribution in [2.45, 2.75) is 45.3 Å². The second kappa shape index (κ2) is 6.26. The number of phenolic OH excluding ortho intramolecular Hbond substituents is 2. The van der Waals surface area contributed by atoms with Crippen molar-refractivity contribution in [1.82, 2.24) is 10.2 Å². The summed E-state index contributed by atoms with van der Waals surface area (Å²) in [5.74, 6) is -0.0877. The maximum Gasteiger partial charge on any atom is 0.157 e. The van der Waals surface area contributed by atoms with E-state index in [2.05, 4.69) is 24.1 Å². The maximum absolute atomic E-state index is 9.57. The van der Waals surface area contributed by atoms with Gasteiger partial charge in [0.25, 0.3) is 0 Å². The van der Waals surface area contributed by atoms with E-state index < -0.39 is 0 Å². The summed E-state index contributed by atoms with van der Waals surface area (Å²) in [5, 5.41) is 22.5. The topological polar surface area (TPSA) is 55.7 Å². The lowest BCUT2D eigenvalue weighted by Crippen LogP contribution is -2.55. The molecule has 1 saturated heterocycles. The quantitative estimate of drug-likeness (QED) is 0.729. The molecule has 0 amide bonds. The van der Waals surface area contributed by atoms with Crippen molar-refractivity contribution in [3.05, 3.63) is 23.8 Å². The van der Waals surface area contributed by atoms with E-state index in [0.29, 0.717) is 12.1 Å². The summed E-state index contributed by atoms with van der Waals surface area (Å²) in [6, 6.07) is 6.19. The molecule has 3 N–H and O–H groups in total. The number of nitrogens with one attached hydrogen (secondary N) is 1. The summed E-state index contributed by atoms with van der Waals surface area (Å²) in [6.07, 6.45) is 2.25. The van der Waals surface area contributed by atoms with Gasteiger partial charge in [-0.15, -0.1) is 0 Å². The van der Waals surface area contributed by atoms with E-state index in [0.717, 1.165) is 38.0 Å². The van der Waals surface area contributed by atoms with Gasteiger partial charge in [-0.05, 0) is 30.5 Å². The Kier molecular flexibility index (Phi) is 4.66. The number of hydrogen-bond donors (Lipinski definition) is 3. The molecule has 2 unspecified atom stereocenters. The lowest BCUT2D eigenvalue weighted by atomic mass is 10.0. The maximum atomic E-state index is 9.57. The first-order valence-electron chi connectivity index (χ1n) is 7.12. The van der Waals surface area contributed by atoms with Crippen LogP contribution in [0.4, 0.5) is 0 Å². The Morgan fingerprint density at radius 1 is 1.21 bits per heavy atom. The van der Waals surface area contributed by atoms with E-state index in [1.165, 1.54) is 0 Å². The van der Waals surface area contributed by atoms with E-state index in [-0.39, 0.29) is 11.5 Å². The molecule has 0 bridgehead atoms. The average molecular weight is 264 g/mol. The summed E-state index contributed by atoms with van der Waals surface area (Å²) in [7, 11) is 0. The normalized spacial score (nSPS) is 24.5. The summed E-state index contributed by atoms with van der Waals surface area (Å²) in [5.41, 5.74) is 1.05. The van der Waals surface area contributed by atoms with Crippen LogP contribution in [-0.4, -0.2) is 40.3 Å². The molecule has 0 aromatic heterocycles. The second-order valence-electron chi connectivity index (χ2n) is 5.33. The molecule has 0 saturated carbocycles. The average Bonchev–Trinajstić information content (AvgIpc) is 2.43. The Morgan fingerprint density at radius 3 is 2.63 bits per heavy atom. The van der Waals surface area contributed by atoms with Crippen molar-refractivity contribution in [2.75, 3.05) is 13.1 Å². The summed E-state index contributed by atoms with van der Waals surface area (Å²) < 4.78 is 0. The molecule has 1 aromatic carbocycles. The second-order valence-corrected chi connectivity index (χ2v) is 5.33. The van der Waals surface area contributed by atoms with Gasteiger partial charge in [0, 0.05) is 31.7 Å². The number of phenols is 2. The van der Waals surface area contributed by atoms with Gasteiger partial charge in [0.1, 0.15) is 0 Å². The summed E-state index contributed by atoms with van der Waals surface area (Å²) in [6.45, 7) is 7.30. The molecule has 19 heavy (non-hydrogen) atoms. The number of benzene rings is 1. The van der Waals surface area contributed by atoms with Gasteiger partial charge in [0.05, 0.1) is 0 Å². The van der Waals surface area contributed by atoms with Crippen LogP contribution >= 0.6 is 0 Å². The predicted molar refractivity (Wildman–Crippen MR) is 76.3 cm³/mol. The fourth-order valence-electron chi connectivity index (χ4n) is 2.70. The number of aromatic hydroxyl groups is 2. The summed E-state index contributed by atoms with van der Waals surface area (Å²) >= 11 is 0. The van der Waals surface area contributed by atoms with Crippen LogP contribution in [0.1, 0.15) is 32.3 Å². The largest absolute Gasteiger partial charge is 0.504 e. The molecule has 2 rings (SSSR count). The fourth-order valence-corrected chi connectivity index (χ4v) is 2.70. The minimum atomic E-state index is -0.0532. The highest BCUT2D eigenvalue weighted by Crippen LogP contribution is 2.26. The third-order valence-electron chi connectivity index (χ3n) is 4.00. The lowest BCUT2D eigenvalue weighted by Gasteiger charge is -2.40. The van der Waals surface area contributed by atoms with Crippen molar-refractivity contribution in [3.8, 4) is 11.5 Å². The fraction of sp³-hybridized carbons (Fsp3) is 0.600. The number of rotatable bonds is 4. The zero-order chi connectivity index (χ0) is 13.8. The van der Waals surface area contributed by atoms with Crippen molar-refractivity contribution < 1.29 is 10.2 Å². The molecule has 0 spiro atoms. The molecular weight excluding hydrogens is 240 g/mol. The molecule has 2 atom stereocenters. The predicted octanol–water partition coefficient (Wildman–Crippen LogP) is 2.06. The van der Waals surface area contributed by atoms with Crippen molar-refractivity contribution in [2.24, 2.45) is 0 Å². The van der Waals surface area contributed by atoms with Crippen LogP contribution in [0.2, 0.25) is 0 Å². The Labute approximate surface area is 115 Å². The lowest BCUT2D eigenvalue weighted by molar-refractivity contribution is 0.117. The number of nitrogens with zero attached hydrogens (tertiary/aromatic N) is 1. The Bertz CT molecular complexity index is 423. The van der Waals surface area contributed by atoms with Gasteiger partial charge in [0.2, 0.25) is 0 Å². The molecule has 0 radical (unpaired) electrons. The minimum Gasteiger partial charge on any atom is -0.504 e. The van der Waals surface area contributed by atoms with Crippen molar-refractivity contribution in [3.63, 3.8) is 0 Å². The Balaban J connectivity index is 2.07. The van der Waals surface area contributed by atoms with E-state index >= 15 is 0 Å². The van der Waals surface area contributed by atoms with Gasteiger partial charge < -0.3 is 15.5 Å². The van der Waals surface area contributed by atoms with Crippen LogP contribution in [-0.2, 0) is 6.54 Å². The monoisotopic (exact) mass is 264 g/mol. The van der Waals surface area contributed by atoms with Crippen LogP contribution in [0.3, 0.4) is 0 Å². The summed E-state index contributed by atoms with van der Waals surface area (Å²) in [4.78, 5) is 2.47. The SMILES string of the molecule is CCC1CN(Cc2ccc(O)c(O)c2)C(CC)CN1. The molecule has 1 heterocycles. The van der Waals surface area contributed by atoms with Crippen LogP contribution in [0.5, 0.6) is 11.5 Å². The van der Waals surface area contributed by atoms with Gasteiger partial charge in [-0.3, -0.25) is 4.90 Å². The molecule has 1 fully saturated rings. The number of piperazine rings is 1. The zero-order valence-electron chi connectivity index (χ0n) is 11.8. The van der Waals surface area contributed by atoms with Gasteiger partial charge in [-0.25, -0.2) is 0 Å². The Morgan fingerprint density at radius 2 is 2.00 bits per heavy atom. The molecule has 4 nitrogen and oxygen atoms in total. The van der Waals surface area contributed by atoms with Crippen LogP contribution in [0.15, 0.2) is 18.2 Å². The molecule has 1 aliphatic rings. The van der Waals surface area contributed by atoms with Gasteiger partial charge >= 0.3 is 0 Å². The van der Waals surface area contributed by atoms with Crippen LogP contribution < -0.4 is 5.32 Å². The van der Waals surface area contributed by atoms with Gasteiger partial charge in [-0.2, -0.15) is 0 Å². The first kappa shape index (κ1) is 14.2. The smallest absolute Gasteiger partial charge is 0.157 e. The molecular formula is C15H24N2O2. The third-order valence-corrected chi connectivity index (χ3v) is 4.00. The highest BCUT2D eigenvalue weighted by Gasteiger charge is 2.25. The number of hydrogen-bond acceptors (Lipinski definition) is 4. The van der Waals surface area contributed by atoms with E-state index in [4.69, 9.17) is 0 Å². The minimum absolute atomic E-state index is 0.0345. The molecule has 0 aliphatic carbocycles. The van der Waals surface area contributed by atoms with Crippen LogP contribution in [0.25, 0.3) is 0 Å². The third kappa shape index (κ3) is 3.39. The highest BCUT2D eigenvalue weighted by molar-refractivity contribution is 5.40. The molecule has 1 aliphatic heterocycles. The van der Waals surface area contributed by atoms with E-state index in [1.807, 2.05) is 6.07 Å². The van der Waals surface area contributed by atoms with Crippen LogP contribution in [0, 0.1) is 0 Å². The zero-order valence-corrected chi connectivity index (χ0v) is 11.8. The van der Waals surface area contributed by atoms with Crippen molar-refractivity contribution in [1.29, 1.82) is 0 Å². The molecule has 4 heteroatoms. The van der Waals surface area contributed by atoms with Crippen molar-refractivity contribution >= 4 is 0 Å². The highest BCUT2D eigenvalue weighted by atomic mass is 16.3. The molecule has 1 aromatic rings. The van der Waals surface area contributed by atoms with Gasteiger partial charge in [0.15, 0.2) is 11.5 Å². The van der Waals surface area contributed by atoms with Gasteiger partial charge in [-0.1, -0.05) is 19.9 Å². The van der Waals surface area contributed by atoms with E-state index in [1.54, 1.807) is 12.1 Å². The first-order valence-corrected chi connectivity index (χ1v) is 7.12.